The Hall–Kier alpha value is -1.02. The minimum atomic E-state index is 0. The molecule has 0 saturated carbocycles. The number of halogens is 1. The molecule has 1 heterocycles. The number of nitrogens with one attached hydrogen (secondary N) is 2. The topological polar surface area (TPSA) is 48.9 Å². The van der Waals surface area contributed by atoms with Gasteiger partial charge in [0.1, 0.15) is 5.75 Å². The summed E-state index contributed by atoms with van der Waals surface area (Å²) in [5, 5.41) is 7.01. The monoisotopic (exact) mass is 488 g/mol. The molecule has 0 aromatic heterocycles. The Bertz CT molecular complexity index is 557. The molecule has 27 heavy (non-hydrogen) atoms. The molecule has 0 unspecified atom stereocenters. The first-order chi connectivity index (χ1) is 12.6. The Kier molecular flexibility index (Phi) is 11.7. The molecule has 1 aliphatic rings. The van der Waals surface area contributed by atoms with Crippen molar-refractivity contribution in [1.29, 1.82) is 0 Å². The van der Waals surface area contributed by atoms with Crippen LogP contribution in [-0.4, -0.2) is 56.2 Å². The molecule has 6 heteroatoms. The van der Waals surface area contributed by atoms with Crippen LogP contribution in [0.5, 0.6) is 5.75 Å². The van der Waals surface area contributed by atoms with Gasteiger partial charge in [-0.25, -0.2) is 0 Å². The average molecular weight is 488 g/mol. The number of rotatable bonds is 8. The standard InChI is InChI=1S/C21H36N4O.HI/c1-5-22-21(24-19-11-14-25(15-12-19)17(2)3)23-13-7-9-18-8-6-10-20(16-18)26-4;/h6,8,10,16-17,19H,5,7,9,11-15H2,1-4H3,(H2,22,23,24);1H. The van der Waals surface area contributed by atoms with E-state index >= 15 is 0 Å². The van der Waals surface area contributed by atoms with Crippen LogP contribution in [0, 0.1) is 0 Å². The molecule has 1 aromatic carbocycles. The van der Waals surface area contributed by atoms with Crippen LogP contribution in [0.1, 0.15) is 45.6 Å². The van der Waals surface area contributed by atoms with Gasteiger partial charge in [0.05, 0.1) is 7.11 Å². The zero-order valence-electron chi connectivity index (χ0n) is 17.3. The summed E-state index contributed by atoms with van der Waals surface area (Å²) < 4.78 is 5.29. The second-order valence-electron chi connectivity index (χ2n) is 7.26. The number of piperidine rings is 1. The van der Waals surface area contributed by atoms with E-state index in [1.165, 1.54) is 31.5 Å². The van der Waals surface area contributed by atoms with Gasteiger partial charge >= 0.3 is 0 Å². The number of likely N-dealkylation sites (tertiary alicyclic amines) is 1. The van der Waals surface area contributed by atoms with Crippen LogP contribution in [0.2, 0.25) is 0 Å². The summed E-state index contributed by atoms with van der Waals surface area (Å²) in [7, 11) is 1.71. The highest BCUT2D eigenvalue weighted by atomic mass is 127. The summed E-state index contributed by atoms with van der Waals surface area (Å²) >= 11 is 0. The van der Waals surface area contributed by atoms with E-state index in [-0.39, 0.29) is 24.0 Å². The minimum Gasteiger partial charge on any atom is -0.497 e. The Morgan fingerprint density at radius 3 is 2.67 bits per heavy atom. The lowest BCUT2D eigenvalue weighted by Gasteiger charge is -2.35. The first-order valence-corrected chi connectivity index (χ1v) is 10.0. The second kappa shape index (κ2) is 13.2. The molecule has 154 valence electrons. The first kappa shape index (κ1) is 24.0. The van der Waals surface area contributed by atoms with E-state index in [1.54, 1.807) is 7.11 Å². The number of hydrogen-bond acceptors (Lipinski definition) is 3. The maximum Gasteiger partial charge on any atom is 0.191 e. The fourth-order valence-corrected chi connectivity index (χ4v) is 3.38. The number of ether oxygens (including phenoxy) is 1. The number of hydrogen-bond donors (Lipinski definition) is 2. The summed E-state index contributed by atoms with van der Waals surface area (Å²) in [4.78, 5) is 7.32. The minimum absolute atomic E-state index is 0. The molecule has 0 spiro atoms. The fourth-order valence-electron chi connectivity index (χ4n) is 3.38. The molecule has 1 saturated heterocycles. The van der Waals surface area contributed by atoms with Gasteiger partial charge in [-0.1, -0.05) is 12.1 Å². The van der Waals surface area contributed by atoms with Crippen molar-refractivity contribution in [2.45, 2.75) is 58.5 Å². The predicted octanol–water partition coefficient (Wildman–Crippen LogP) is 3.67. The van der Waals surface area contributed by atoms with Crippen LogP contribution in [0.25, 0.3) is 0 Å². The van der Waals surface area contributed by atoms with Gasteiger partial charge in [-0.3, -0.25) is 4.99 Å². The Balaban J connectivity index is 0.00000364. The van der Waals surface area contributed by atoms with E-state index in [0.29, 0.717) is 12.1 Å². The lowest BCUT2D eigenvalue weighted by molar-refractivity contribution is 0.167. The van der Waals surface area contributed by atoms with E-state index in [2.05, 4.69) is 48.4 Å². The quantitative estimate of drug-likeness (QED) is 0.254. The lowest BCUT2D eigenvalue weighted by atomic mass is 10.0. The molecule has 5 nitrogen and oxygen atoms in total. The largest absolute Gasteiger partial charge is 0.497 e. The van der Waals surface area contributed by atoms with Crippen molar-refractivity contribution in [3.05, 3.63) is 29.8 Å². The van der Waals surface area contributed by atoms with E-state index in [4.69, 9.17) is 9.73 Å². The molecule has 0 radical (unpaired) electrons. The Morgan fingerprint density at radius 1 is 1.30 bits per heavy atom. The van der Waals surface area contributed by atoms with E-state index in [0.717, 1.165) is 37.6 Å². The summed E-state index contributed by atoms with van der Waals surface area (Å²) in [6.45, 7) is 10.7. The Labute approximate surface area is 182 Å². The third-order valence-corrected chi connectivity index (χ3v) is 4.97. The molecular weight excluding hydrogens is 451 g/mol. The van der Waals surface area contributed by atoms with Crippen molar-refractivity contribution >= 4 is 29.9 Å². The molecule has 2 N–H and O–H groups in total. The highest BCUT2D eigenvalue weighted by Crippen LogP contribution is 2.14. The van der Waals surface area contributed by atoms with Crippen LogP contribution in [0.15, 0.2) is 29.3 Å². The number of guanidine groups is 1. The third kappa shape index (κ3) is 8.68. The second-order valence-corrected chi connectivity index (χ2v) is 7.26. The van der Waals surface area contributed by atoms with Gasteiger partial charge in [0.15, 0.2) is 5.96 Å². The van der Waals surface area contributed by atoms with Crippen molar-refractivity contribution in [2.24, 2.45) is 4.99 Å². The molecule has 1 aliphatic heterocycles. The summed E-state index contributed by atoms with van der Waals surface area (Å²) in [6.07, 6.45) is 4.43. The van der Waals surface area contributed by atoms with Crippen molar-refractivity contribution in [2.75, 3.05) is 33.3 Å². The SMILES string of the molecule is CCNC(=NCCCc1cccc(OC)c1)NC1CCN(C(C)C)CC1.I. The van der Waals surface area contributed by atoms with E-state index < -0.39 is 0 Å². The van der Waals surface area contributed by atoms with Crippen LogP contribution >= 0.6 is 24.0 Å². The fraction of sp³-hybridized carbons (Fsp3) is 0.667. The highest BCUT2D eigenvalue weighted by molar-refractivity contribution is 14.0. The number of aryl methyl sites for hydroxylation is 1. The molecule has 0 amide bonds. The van der Waals surface area contributed by atoms with Gasteiger partial charge in [0.2, 0.25) is 0 Å². The molecule has 1 fully saturated rings. The van der Waals surface area contributed by atoms with Crippen molar-refractivity contribution in [1.82, 2.24) is 15.5 Å². The van der Waals surface area contributed by atoms with Gasteiger partial charge in [0, 0.05) is 38.3 Å². The van der Waals surface area contributed by atoms with Gasteiger partial charge in [-0.05, 0) is 64.2 Å². The molecule has 0 aliphatic carbocycles. The number of nitrogens with zero attached hydrogens (tertiary/aromatic N) is 2. The van der Waals surface area contributed by atoms with Crippen LogP contribution in [-0.2, 0) is 6.42 Å². The van der Waals surface area contributed by atoms with Crippen LogP contribution in [0.4, 0.5) is 0 Å². The third-order valence-electron chi connectivity index (χ3n) is 4.97. The molecular formula is C21H37IN4O. The number of benzene rings is 1. The van der Waals surface area contributed by atoms with Gasteiger partial charge in [0.25, 0.3) is 0 Å². The van der Waals surface area contributed by atoms with Crippen molar-refractivity contribution in [3.63, 3.8) is 0 Å². The molecule has 2 rings (SSSR count). The normalized spacial score (nSPS) is 16.1. The summed E-state index contributed by atoms with van der Waals surface area (Å²) in [6, 6.07) is 9.47. The smallest absolute Gasteiger partial charge is 0.191 e. The molecule has 0 atom stereocenters. The average Bonchev–Trinajstić information content (AvgIpc) is 2.66. The number of methoxy groups -OCH3 is 1. The maximum absolute atomic E-state index is 5.29. The van der Waals surface area contributed by atoms with Crippen molar-refractivity contribution in [3.8, 4) is 5.75 Å². The van der Waals surface area contributed by atoms with Crippen molar-refractivity contribution < 1.29 is 4.74 Å². The van der Waals surface area contributed by atoms with Crippen LogP contribution in [0.3, 0.4) is 0 Å². The zero-order chi connectivity index (χ0) is 18.8. The number of aliphatic imine (C=N–C) groups is 1. The summed E-state index contributed by atoms with van der Waals surface area (Å²) in [5.41, 5.74) is 1.30. The van der Waals surface area contributed by atoms with Crippen LogP contribution < -0.4 is 15.4 Å². The highest BCUT2D eigenvalue weighted by Gasteiger charge is 2.21. The zero-order valence-corrected chi connectivity index (χ0v) is 19.7. The maximum atomic E-state index is 5.29. The van der Waals surface area contributed by atoms with Gasteiger partial charge in [-0.15, -0.1) is 24.0 Å². The summed E-state index contributed by atoms with van der Waals surface area (Å²) in [5.74, 6) is 1.88. The van der Waals surface area contributed by atoms with E-state index in [1.807, 2.05) is 12.1 Å². The molecule has 0 bridgehead atoms. The Morgan fingerprint density at radius 2 is 2.04 bits per heavy atom. The molecule has 1 aromatic rings. The van der Waals surface area contributed by atoms with Gasteiger partial charge in [-0.2, -0.15) is 0 Å². The van der Waals surface area contributed by atoms with Gasteiger partial charge < -0.3 is 20.3 Å². The first-order valence-electron chi connectivity index (χ1n) is 10.0. The van der Waals surface area contributed by atoms with E-state index in [9.17, 15) is 0 Å². The lowest BCUT2D eigenvalue weighted by Crippen LogP contribution is -2.49. The predicted molar refractivity (Wildman–Crippen MR) is 126 cm³/mol.